The van der Waals surface area contributed by atoms with Crippen LogP contribution in [0.3, 0.4) is 0 Å². The first-order valence-electron chi connectivity index (χ1n) is 8.32. The number of hydrogen-bond donors (Lipinski definition) is 2. The molecule has 0 aliphatic carbocycles. The number of hydrogen-bond acceptors (Lipinski definition) is 5. The van der Waals surface area contributed by atoms with Crippen molar-refractivity contribution < 1.29 is 19.1 Å². The molecule has 0 aliphatic rings. The Kier molecular flexibility index (Phi) is 7.43. The molecule has 2 N–H and O–H groups in total. The summed E-state index contributed by atoms with van der Waals surface area (Å²) < 4.78 is 4.68. The highest BCUT2D eigenvalue weighted by molar-refractivity contribution is 8.00. The number of benzene rings is 2. The van der Waals surface area contributed by atoms with E-state index in [1.165, 1.54) is 18.9 Å². The highest BCUT2D eigenvalue weighted by atomic mass is 32.2. The van der Waals surface area contributed by atoms with Crippen LogP contribution < -0.4 is 10.6 Å². The van der Waals surface area contributed by atoms with Crippen LogP contribution in [0.25, 0.3) is 0 Å². The third-order valence-electron chi connectivity index (χ3n) is 3.73. The summed E-state index contributed by atoms with van der Waals surface area (Å²) in [7, 11) is 1.30. The summed E-state index contributed by atoms with van der Waals surface area (Å²) in [6.07, 6.45) is 0. The van der Waals surface area contributed by atoms with Crippen molar-refractivity contribution in [3.8, 4) is 0 Å². The number of amides is 2. The fraction of sp³-hybridized carbons (Fsp3) is 0.250. The Bertz CT molecular complexity index is 834. The summed E-state index contributed by atoms with van der Waals surface area (Å²) in [5, 5.41) is 5.55. The molecule has 0 aromatic heterocycles. The Hall–Kier alpha value is -2.80. The van der Waals surface area contributed by atoms with Crippen LogP contribution in [-0.4, -0.2) is 36.4 Å². The molecule has 0 heterocycles. The number of carbonyl (C=O) groups is 3. The summed E-state index contributed by atoms with van der Waals surface area (Å²) >= 11 is 1.22. The average Bonchev–Trinajstić information content (AvgIpc) is 2.64. The van der Waals surface area contributed by atoms with E-state index in [0.717, 1.165) is 16.8 Å². The second kappa shape index (κ2) is 9.78. The molecule has 2 aromatic rings. The minimum Gasteiger partial charge on any atom is -0.465 e. The highest BCUT2D eigenvalue weighted by Crippen LogP contribution is 2.18. The number of carbonyl (C=O) groups excluding carboxylic acids is 3. The van der Waals surface area contributed by atoms with Gasteiger partial charge in [0.05, 0.1) is 24.2 Å². The molecule has 0 unspecified atom stereocenters. The molecular formula is C20H22N2O4S. The molecule has 0 aliphatic heterocycles. The fourth-order valence-corrected chi connectivity index (χ4v) is 2.88. The zero-order chi connectivity index (χ0) is 19.8. The molecule has 27 heavy (non-hydrogen) atoms. The maximum Gasteiger partial charge on any atom is 0.337 e. The third-order valence-corrected chi connectivity index (χ3v) is 4.67. The number of aryl methyl sites for hydroxylation is 2. The third kappa shape index (κ3) is 6.45. The van der Waals surface area contributed by atoms with E-state index in [2.05, 4.69) is 15.4 Å². The number of methoxy groups -OCH3 is 1. The molecule has 6 nitrogen and oxygen atoms in total. The standard InChI is InChI=1S/C20H22N2O4S/c1-13-4-8-16(9-5-13)21-18(23)11-27-12-19(24)22-17-10-15(20(25)26-3)7-6-14(17)2/h4-10H,11-12H2,1-3H3,(H,21,23)(H,22,24). The highest BCUT2D eigenvalue weighted by Gasteiger charge is 2.11. The molecule has 0 bridgehead atoms. The topological polar surface area (TPSA) is 84.5 Å². The van der Waals surface area contributed by atoms with Crippen LogP contribution in [0.4, 0.5) is 11.4 Å². The molecule has 0 atom stereocenters. The van der Waals surface area contributed by atoms with Gasteiger partial charge in [-0.3, -0.25) is 9.59 Å². The Labute approximate surface area is 162 Å². The van der Waals surface area contributed by atoms with Crippen LogP contribution in [0.5, 0.6) is 0 Å². The van der Waals surface area contributed by atoms with Crippen LogP contribution in [0, 0.1) is 13.8 Å². The predicted molar refractivity (Wildman–Crippen MR) is 108 cm³/mol. The van der Waals surface area contributed by atoms with Crippen LogP contribution >= 0.6 is 11.8 Å². The van der Waals surface area contributed by atoms with E-state index < -0.39 is 5.97 Å². The maximum absolute atomic E-state index is 12.1. The van der Waals surface area contributed by atoms with Gasteiger partial charge in [-0.05, 0) is 43.7 Å². The Morgan fingerprint density at radius 3 is 2.19 bits per heavy atom. The molecule has 0 fully saturated rings. The second-order valence-electron chi connectivity index (χ2n) is 5.98. The van der Waals surface area contributed by atoms with Crippen molar-refractivity contribution in [2.75, 3.05) is 29.2 Å². The van der Waals surface area contributed by atoms with Gasteiger partial charge in [-0.25, -0.2) is 4.79 Å². The Morgan fingerprint density at radius 2 is 1.56 bits per heavy atom. The van der Waals surface area contributed by atoms with Crippen molar-refractivity contribution >= 4 is 40.9 Å². The maximum atomic E-state index is 12.1. The number of ether oxygens (including phenoxy) is 1. The second-order valence-corrected chi connectivity index (χ2v) is 6.96. The van der Waals surface area contributed by atoms with Gasteiger partial charge >= 0.3 is 5.97 Å². The van der Waals surface area contributed by atoms with Crippen LogP contribution in [0.1, 0.15) is 21.5 Å². The zero-order valence-corrected chi connectivity index (χ0v) is 16.3. The normalized spacial score (nSPS) is 10.2. The van der Waals surface area contributed by atoms with Gasteiger partial charge in [0, 0.05) is 11.4 Å². The molecule has 0 saturated carbocycles. The Morgan fingerprint density at radius 1 is 0.926 bits per heavy atom. The molecule has 0 spiro atoms. The summed E-state index contributed by atoms with van der Waals surface area (Å²) in [5.41, 5.74) is 3.59. The van der Waals surface area contributed by atoms with Gasteiger partial charge in [-0.1, -0.05) is 23.8 Å². The average molecular weight is 386 g/mol. The predicted octanol–water partition coefficient (Wildman–Crippen LogP) is 3.40. The molecule has 0 radical (unpaired) electrons. The van der Waals surface area contributed by atoms with Crippen LogP contribution in [0.15, 0.2) is 42.5 Å². The molecular weight excluding hydrogens is 364 g/mol. The number of esters is 1. The lowest BCUT2D eigenvalue weighted by molar-refractivity contribution is -0.114. The first-order chi connectivity index (χ1) is 12.9. The molecule has 142 valence electrons. The Balaban J connectivity index is 1.81. The molecule has 0 saturated heterocycles. The zero-order valence-electron chi connectivity index (χ0n) is 15.5. The van der Waals surface area contributed by atoms with Crippen molar-refractivity contribution in [2.24, 2.45) is 0 Å². The first-order valence-corrected chi connectivity index (χ1v) is 9.47. The van der Waals surface area contributed by atoms with Crippen molar-refractivity contribution in [2.45, 2.75) is 13.8 Å². The summed E-state index contributed by atoms with van der Waals surface area (Å²) in [6, 6.07) is 12.5. The van der Waals surface area contributed by atoms with Crippen molar-refractivity contribution in [3.05, 3.63) is 59.2 Å². The minimum atomic E-state index is -0.465. The van der Waals surface area contributed by atoms with Gasteiger partial charge in [0.1, 0.15) is 0 Å². The van der Waals surface area contributed by atoms with E-state index in [1.807, 2.05) is 38.1 Å². The van der Waals surface area contributed by atoms with E-state index >= 15 is 0 Å². The molecule has 7 heteroatoms. The molecule has 2 aromatic carbocycles. The van der Waals surface area contributed by atoms with Crippen molar-refractivity contribution in [1.29, 1.82) is 0 Å². The van der Waals surface area contributed by atoms with Crippen molar-refractivity contribution in [1.82, 2.24) is 0 Å². The van der Waals surface area contributed by atoms with E-state index in [1.54, 1.807) is 18.2 Å². The largest absolute Gasteiger partial charge is 0.465 e. The van der Waals surface area contributed by atoms with Crippen LogP contribution in [-0.2, 0) is 14.3 Å². The van der Waals surface area contributed by atoms with Crippen LogP contribution in [0.2, 0.25) is 0 Å². The van der Waals surface area contributed by atoms with Gasteiger partial charge in [0.2, 0.25) is 11.8 Å². The van der Waals surface area contributed by atoms with Gasteiger partial charge < -0.3 is 15.4 Å². The number of thioether (sulfide) groups is 1. The van der Waals surface area contributed by atoms with Gasteiger partial charge in [0.25, 0.3) is 0 Å². The SMILES string of the molecule is COC(=O)c1ccc(C)c(NC(=O)CSCC(=O)Nc2ccc(C)cc2)c1. The van der Waals surface area contributed by atoms with E-state index in [9.17, 15) is 14.4 Å². The van der Waals surface area contributed by atoms with Gasteiger partial charge in [0.15, 0.2) is 0 Å². The molecule has 2 rings (SSSR count). The number of nitrogens with one attached hydrogen (secondary N) is 2. The van der Waals surface area contributed by atoms with Gasteiger partial charge in [-0.2, -0.15) is 0 Å². The monoisotopic (exact) mass is 386 g/mol. The molecule has 2 amide bonds. The lowest BCUT2D eigenvalue weighted by Crippen LogP contribution is -2.19. The number of anilines is 2. The van der Waals surface area contributed by atoms with Gasteiger partial charge in [-0.15, -0.1) is 11.8 Å². The minimum absolute atomic E-state index is 0.128. The summed E-state index contributed by atoms with van der Waals surface area (Å²) in [5.74, 6) is -0.576. The van der Waals surface area contributed by atoms with Crippen molar-refractivity contribution in [3.63, 3.8) is 0 Å². The summed E-state index contributed by atoms with van der Waals surface area (Å²) in [4.78, 5) is 35.6. The lowest BCUT2D eigenvalue weighted by Gasteiger charge is -2.10. The first kappa shape index (κ1) is 20.5. The fourth-order valence-electron chi connectivity index (χ4n) is 2.26. The smallest absolute Gasteiger partial charge is 0.337 e. The van der Waals surface area contributed by atoms with E-state index in [-0.39, 0.29) is 23.3 Å². The summed E-state index contributed by atoms with van der Waals surface area (Å²) in [6.45, 7) is 3.81. The number of rotatable bonds is 7. The van der Waals surface area contributed by atoms with E-state index in [0.29, 0.717) is 11.3 Å². The van der Waals surface area contributed by atoms with E-state index in [4.69, 9.17) is 0 Å². The lowest BCUT2D eigenvalue weighted by atomic mass is 10.1. The quantitative estimate of drug-likeness (QED) is 0.713.